The van der Waals surface area contributed by atoms with Crippen molar-refractivity contribution in [2.75, 3.05) is 26.3 Å². The zero-order valence-electron chi connectivity index (χ0n) is 8.34. The Bertz CT molecular complexity index is 161. The number of nitrogens with one attached hydrogen (secondary N) is 1. The summed E-state index contributed by atoms with van der Waals surface area (Å²) >= 11 is 0. The van der Waals surface area contributed by atoms with Gasteiger partial charge in [0.15, 0.2) is 0 Å². The van der Waals surface area contributed by atoms with Gasteiger partial charge >= 0.3 is 0 Å². The summed E-state index contributed by atoms with van der Waals surface area (Å²) in [6.45, 7) is 5.81. The van der Waals surface area contributed by atoms with Gasteiger partial charge in [-0.1, -0.05) is 6.92 Å². The first-order chi connectivity index (χ1) is 6.35. The van der Waals surface area contributed by atoms with E-state index in [1.165, 1.54) is 0 Å². The lowest BCUT2D eigenvalue weighted by atomic mass is 9.94. The fourth-order valence-electron chi connectivity index (χ4n) is 2.18. The Hall–Kier alpha value is -0.120. The molecule has 2 saturated heterocycles. The molecule has 0 saturated carbocycles. The van der Waals surface area contributed by atoms with E-state index >= 15 is 0 Å². The minimum atomic E-state index is -0.00280. The fraction of sp³-hybridized carbons (Fsp3) is 1.00. The molecule has 0 aromatic rings. The predicted octanol–water partition coefficient (Wildman–Crippen LogP) is 0.934. The maximum Gasteiger partial charge on any atom is 0.104 e. The average Bonchev–Trinajstić information content (AvgIpc) is 2.19. The second kappa shape index (κ2) is 3.95. The summed E-state index contributed by atoms with van der Waals surface area (Å²) < 4.78 is 11.6. The van der Waals surface area contributed by atoms with E-state index in [1.807, 2.05) is 0 Å². The molecule has 2 atom stereocenters. The summed E-state index contributed by atoms with van der Waals surface area (Å²) in [5, 5.41) is 3.44. The maximum atomic E-state index is 6.08. The Balaban J connectivity index is 1.95. The molecular formula is C10H19NO2. The van der Waals surface area contributed by atoms with E-state index in [-0.39, 0.29) is 5.60 Å². The molecule has 2 aliphatic rings. The van der Waals surface area contributed by atoms with Crippen LogP contribution in [0.2, 0.25) is 0 Å². The highest BCUT2D eigenvalue weighted by Gasteiger charge is 2.38. The lowest BCUT2D eigenvalue weighted by Gasteiger charge is -2.43. The minimum Gasteiger partial charge on any atom is -0.378 e. The van der Waals surface area contributed by atoms with Crippen molar-refractivity contribution < 1.29 is 9.47 Å². The lowest BCUT2D eigenvalue weighted by Crippen LogP contribution is -2.57. The Morgan fingerprint density at radius 1 is 1.54 bits per heavy atom. The topological polar surface area (TPSA) is 30.5 Å². The monoisotopic (exact) mass is 185 g/mol. The summed E-state index contributed by atoms with van der Waals surface area (Å²) in [5.74, 6) is 0. The number of hydrogen-bond donors (Lipinski definition) is 1. The van der Waals surface area contributed by atoms with Crippen molar-refractivity contribution in [3.8, 4) is 0 Å². The first-order valence-corrected chi connectivity index (χ1v) is 5.31. The first kappa shape index (κ1) is 9.44. The van der Waals surface area contributed by atoms with Crippen molar-refractivity contribution in [2.45, 2.75) is 37.9 Å². The second-order valence-electron chi connectivity index (χ2n) is 4.12. The highest BCUT2D eigenvalue weighted by molar-refractivity contribution is 4.90. The van der Waals surface area contributed by atoms with Crippen molar-refractivity contribution in [3.63, 3.8) is 0 Å². The molecule has 3 heteroatoms. The van der Waals surface area contributed by atoms with Crippen LogP contribution in [-0.2, 0) is 9.47 Å². The maximum absolute atomic E-state index is 6.08. The van der Waals surface area contributed by atoms with Crippen molar-refractivity contribution in [1.29, 1.82) is 0 Å². The van der Waals surface area contributed by atoms with E-state index in [2.05, 4.69) is 12.2 Å². The lowest BCUT2D eigenvalue weighted by molar-refractivity contribution is -0.173. The largest absolute Gasteiger partial charge is 0.378 e. The Morgan fingerprint density at radius 3 is 3.15 bits per heavy atom. The van der Waals surface area contributed by atoms with Gasteiger partial charge in [-0.05, 0) is 19.3 Å². The number of morpholine rings is 1. The van der Waals surface area contributed by atoms with E-state index in [0.29, 0.717) is 6.10 Å². The molecule has 0 aromatic carbocycles. The highest BCUT2D eigenvalue weighted by Crippen LogP contribution is 2.27. The first-order valence-electron chi connectivity index (χ1n) is 5.31. The summed E-state index contributed by atoms with van der Waals surface area (Å²) in [4.78, 5) is 0. The molecule has 0 amide bonds. The molecule has 13 heavy (non-hydrogen) atoms. The highest BCUT2D eigenvalue weighted by atomic mass is 16.6. The Labute approximate surface area is 79.8 Å². The van der Waals surface area contributed by atoms with E-state index in [1.54, 1.807) is 0 Å². The van der Waals surface area contributed by atoms with Gasteiger partial charge in [0.25, 0.3) is 0 Å². The molecule has 0 unspecified atom stereocenters. The molecule has 2 heterocycles. The molecule has 0 aromatic heterocycles. The average molecular weight is 185 g/mol. The number of hydrogen-bond acceptors (Lipinski definition) is 3. The van der Waals surface area contributed by atoms with Crippen LogP contribution in [0.1, 0.15) is 26.2 Å². The third-order valence-electron chi connectivity index (χ3n) is 2.98. The van der Waals surface area contributed by atoms with Crippen molar-refractivity contribution in [3.05, 3.63) is 0 Å². The molecule has 0 aliphatic carbocycles. The quantitative estimate of drug-likeness (QED) is 0.659. The second-order valence-corrected chi connectivity index (χ2v) is 4.12. The third kappa shape index (κ3) is 2.03. The van der Waals surface area contributed by atoms with Gasteiger partial charge in [0, 0.05) is 19.7 Å². The van der Waals surface area contributed by atoms with Crippen LogP contribution in [0, 0.1) is 0 Å². The van der Waals surface area contributed by atoms with Gasteiger partial charge in [-0.2, -0.15) is 0 Å². The summed E-state index contributed by atoms with van der Waals surface area (Å²) in [6, 6.07) is 0. The van der Waals surface area contributed by atoms with Crippen LogP contribution in [0.3, 0.4) is 0 Å². The SMILES string of the molecule is CC[C@@H]1CNC[C@]2(CCCOC2)O1. The van der Waals surface area contributed by atoms with Gasteiger partial charge in [-0.25, -0.2) is 0 Å². The smallest absolute Gasteiger partial charge is 0.104 e. The molecule has 76 valence electrons. The van der Waals surface area contributed by atoms with Gasteiger partial charge < -0.3 is 14.8 Å². The van der Waals surface area contributed by atoms with Gasteiger partial charge in [0.05, 0.1) is 12.7 Å². The molecule has 2 aliphatic heterocycles. The fourth-order valence-corrected chi connectivity index (χ4v) is 2.18. The summed E-state index contributed by atoms with van der Waals surface area (Å²) in [5.41, 5.74) is -0.00280. The zero-order chi connectivity index (χ0) is 9.15. The standard InChI is InChI=1S/C10H19NO2/c1-2-9-6-11-7-10(13-9)4-3-5-12-8-10/h9,11H,2-8H2,1H3/t9-,10+/m1/s1. The zero-order valence-corrected chi connectivity index (χ0v) is 8.34. The van der Waals surface area contributed by atoms with Gasteiger partial charge in [-0.15, -0.1) is 0 Å². The van der Waals surface area contributed by atoms with E-state index in [4.69, 9.17) is 9.47 Å². The van der Waals surface area contributed by atoms with Crippen molar-refractivity contribution in [2.24, 2.45) is 0 Å². The van der Waals surface area contributed by atoms with Gasteiger partial charge in [0.2, 0.25) is 0 Å². The van der Waals surface area contributed by atoms with Crippen LogP contribution in [0.25, 0.3) is 0 Å². The van der Waals surface area contributed by atoms with Crippen LogP contribution in [-0.4, -0.2) is 38.0 Å². The van der Waals surface area contributed by atoms with E-state index < -0.39 is 0 Å². The van der Waals surface area contributed by atoms with E-state index in [9.17, 15) is 0 Å². The number of rotatable bonds is 1. The van der Waals surface area contributed by atoms with Crippen LogP contribution >= 0.6 is 0 Å². The van der Waals surface area contributed by atoms with Crippen molar-refractivity contribution in [1.82, 2.24) is 5.32 Å². The van der Waals surface area contributed by atoms with Crippen molar-refractivity contribution >= 4 is 0 Å². The minimum absolute atomic E-state index is 0.00280. The van der Waals surface area contributed by atoms with Crippen LogP contribution in [0.5, 0.6) is 0 Å². The normalized spacial score (nSPS) is 40.8. The third-order valence-corrected chi connectivity index (χ3v) is 2.98. The van der Waals surface area contributed by atoms with Crippen LogP contribution < -0.4 is 5.32 Å². The molecule has 2 fully saturated rings. The molecule has 0 bridgehead atoms. The molecular weight excluding hydrogens is 166 g/mol. The molecule has 0 radical (unpaired) electrons. The molecule has 2 rings (SSSR count). The summed E-state index contributed by atoms with van der Waals surface area (Å²) in [7, 11) is 0. The van der Waals surface area contributed by atoms with Crippen LogP contribution in [0.15, 0.2) is 0 Å². The Morgan fingerprint density at radius 2 is 2.46 bits per heavy atom. The van der Waals surface area contributed by atoms with Gasteiger partial charge in [-0.3, -0.25) is 0 Å². The van der Waals surface area contributed by atoms with Gasteiger partial charge in [0.1, 0.15) is 5.60 Å². The van der Waals surface area contributed by atoms with E-state index in [0.717, 1.165) is 45.6 Å². The Kier molecular flexibility index (Phi) is 2.86. The van der Waals surface area contributed by atoms with Crippen LogP contribution in [0.4, 0.5) is 0 Å². The molecule has 1 N–H and O–H groups in total. The predicted molar refractivity (Wildman–Crippen MR) is 50.8 cm³/mol. The summed E-state index contributed by atoms with van der Waals surface area (Å²) in [6.07, 6.45) is 3.76. The number of ether oxygens (including phenoxy) is 2. The molecule has 1 spiro atoms. The molecule has 3 nitrogen and oxygen atoms in total.